The summed E-state index contributed by atoms with van der Waals surface area (Å²) in [4.78, 5) is 17.7. The number of carbonyl (C=O) groups excluding carboxylic acids is 1. The van der Waals surface area contributed by atoms with Gasteiger partial charge in [0.05, 0.1) is 5.69 Å². The fraction of sp³-hybridized carbons (Fsp3) is 0.0500. The van der Waals surface area contributed by atoms with Crippen molar-refractivity contribution in [3.8, 4) is 22.2 Å². The molecule has 26 heavy (non-hydrogen) atoms. The molecule has 0 saturated heterocycles. The molecule has 0 aliphatic carbocycles. The zero-order chi connectivity index (χ0) is 17.9. The van der Waals surface area contributed by atoms with E-state index in [9.17, 15) is 4.79 Å². The largest absolute Gasteiger partial charge is 0.333 e. The number of carbonyl (C=O) groups is 1. The number of thiophene rings is 1. The zero-order valence-electron chi connectivity index (χ0n) is 14.0. The van der Waals surface area contributed by atoms with Gasteiger partial charge in [-0.1, -0.05) is 53.2 Å². The van der Waals surface area contributed by atoms with Gasteiger partial charge >= 0.3 is 0 Å². The maximum atomic E-state index is 12.5. The molecular weight excluding hydrogens is 346 g/mol. The van der Waals surface area contributed by atoms with Gasteiger partial charge < -0.3 is 9.84 Å². The number of hydrogen-bond acceptors (Lipinski definition) is 5. The Kier molecular flexibility index (Phi) is 4.33. The molecular formula is C20H15N3O2S. The molecule has 4 rings (SSSR count). The van der Waals surface area contributed by atoms with E-state index in [0.717, 1.165) is 16.0 Å². The minimum Gasteiger partial charge on any atom is -0.333 e. The van der Waals surface area contributed by atoms with Crippen LogP contribution in [0.5, 0.6) is 0 Å². The summed E-state index contributed by atoms with van der Waals surface area (Å²) in [7, 11) is 0. The second-order valence-corrected chi connectivity index (χ2v) is 6.69. The number of nitrogens with one attached hydrogen (secondary N) is 1. The average molecular weight is 361 g/mol. The third-order valence-corrected chi connectivity index (χ3v) is 4.78. The topological polar surface area (TPSA) is 68.0 Å². The maximum Gasteiger partial charge on any atom is 0.270 e. The Balaban J connectivity index is 1.58. The van der Waals surface area contributed by atoms with E-state index in [4.69, 9.17) is 4.52 Å². The van der Waals surface area contributed by atoms with Crippen LogP contribution < -0.4 is 5.32 Å². The van der Waals surface area contributed by atoms with Crippen molar-refractivity contribution in [1.29, 1.82) is 0 Å². The smallest absolute Gasteiger partial charge is 0.270 e. The molecule has 6 heteroatoms. The summed E-state index contributed by atoms with van der Waals surface area (Å²) in [6.45, 7) is 1.98. The average Bonchev–Trinajstić information content (AvgIpc) is 3.32. The molecule has 5 nitrogen and oxygen atoms in total. The van der Waals surface area contributed by atoms with Crippen molar-refractivity contribution in [2.75, 3.05) is 5.32 Å². The van der Waals surface area contributed by atoms with E-state index in [2.05, 4.69) is 15.5 Å². The van der Waals surface area contributed by atoms with Gasteiger partial charge in [-0.25, -0.2) is 0 Å². The number of amides is 1. The number of aromatic nitrogens is 2. The summed E-state index contributed by atoms with van der Waals surface area (Å²) in [5, 5.41) is 8.84. The van der Waals surface area contributed by atoms with Crippen LogP contribution in [0.15, 0.2) is 70.6 Å². The molecule has 1 amide bonds. The summed E-state index contributed by atoms with van der Waals surface area (Å²) in [5.41, 5.74) is 3.24. The van der Waals surface area contributed by atoms with Gasteiger partial charge in [-0.2, -0.15) is 4.98 Å². The van der Waals surface area contributed by atoms with Crippen LogP contribution in [0.1, 0.15) is 15.9 Å². The van der Waals surface area contributed by atoms with Gasteiger partial charge in [0.15, 0.2) is 0 Å². The molecule has 2 aromatic carbocycles. The number of hydrogen-bond donors (Lipinski definition) is 1. The SMILES string of the molecule is Cc1ccc(C(=O)Nc2ccsc2-c2nc(-c3ccccc3)no2)cc1. The molecule has 0 atom stereocenters. The van der Waals surface area contributed by atoms with Crippen molar-refractivity contribution in [2.24, 2.45) is 0 Å². The molecule has 0 radical (unpaired) electrons. The Morgan fingerprint density at radius 2 is 1.81 bits per heavy atom. The molecule has 0 spiro atoms. The summed E-state index contributed by atoms with van der Waals surface area (Å²) in [5.74, 6) is 0.732. The molecule has 0 fully saturated rings. The maximum absolute atomic E-state index is 12.5. The van der Waals surface area contributed by atoms with Crippen LogP contribution >= 0.6 is 11.3 Å². The normalized spacial score (nSPS) is 10.7. The van der Waals surface area contributed by atoms with Gasteiger partial charge in [-0.05, 0) is 30.5 Å². The van der Waals surface area contributed by atoms with E-state index < -0.39 is 0 Å². The van der Waals surface area contributed by atoms with Gasteiger partial charge in [0, 0.05) is 11.1 Å². The van der Waals surface area contributed by atoms with Gasteiger partial charge in [0.1, 0.15) is 4.88 Å². The van der Waals surface area contributed by atoms with Crippen LogP contribution in [-0.4, -0.2) is 16.0 Å². The summed E-state index contributed by atoms with van der Waals surface area (Å²) in [6, 6.07) is 18.9. The fourth-order valence-electron chi connectivity index (χ4n) is 2.49. The Bertz CT molecular complexity index is 1040. The Hall–Kier alpha value is -3.25. The molecule has 1 N–H and O–H groups in total. The molecule has 0 saturated carbocycles. The highest BCUT2D eigenvalue weighted by atomic mass is 32.1. The molecule has 2 heterocycles. The van der Waals surface area contributed by atoms with Gasteiger partial charge in [0.25, 0.3) is 11.8 Å². The first-order valence-electron chi connectivity index (χ1n) is 8.06. The van der Waals surface area contributed by atoms with Crippen molar-refractivity contribution < 1.29 is 9.32 Å². The minimum atomic E-state index is -0.174. The van der Waals surface area contributed by atoms with Crippen LogP contribution in [0.3, 0.4) is 0 Å². The first kappa shape index (κ1) is 16.2. The number of aryl methyl sites for hydroxylation is 1. The Morgan fingerprint density at radius 3 is 2.58 bits per heavy atom. The van der Waals surface area contributed by atoms with E-state index in [1.54, 1.807) is 12.1 Å². The molecule has 2 aromatic heterocycles. The second kappa shape index (κ2) is 6.93. The first-order valence-corrected chi connectivity index (χ1v) is 8.94. The lowest BCUT2D eigenvalue weighted by molar-refractivity contribution is 0.102. The third kappa shape index (κ3) is 3.27. The summed E-state index contributed by atoms with van der Waals surface area (Å²) < 4.78 is 5.41. The predicted molar refractivity (Wildman–Crippen MR) is 102 cm³/mol. The number of nitrogens with zero attached hydrogens (tertiary/aromatic N) is 2. The van der Waals surface area contributed by atoms with Crippen LogP contribution in [0.4, 0.5) is 5.69 Å². The van der Waals surface area contributed by atoms with Gasteiger partial charge in [0.2, 0.25) is 5.82 Å². The Morgan fingerprint density at radius 1 is 1.04 bits per heavy atom. The lowest BCUT2D eigenvalue weighted by Crippen LogP contribution is -2.11. The lowest BCUT2D eigenvalue weighted by atomic mass is 10.1. The highest BCUT2D eigenvalue weighted by molar-refractivity contribution is 7.14. The van der Waals surface area contributed by atoms with Crippen molar-refractivity contribution in [3.05, 3.63) is 77.2 Å². The van der Waals surface area contributed by atoms with Gasteiger partial charge in [-0.3, -0.25) is 4.79 Å². The monoisotopic (exact) mass is 361 g/mol. The van der Waals surface area contributed by atoms with Gasteiger partial charge in [-0.15, -0.1) is 11.3 Å². The number of rotatable bonds is 4. The highest BCUT2D eigenvalue weighted by Crippen LogP contribution is 2.34. The van der Waals surface area contributed by atoms with Crippen molar-refractivity contribution in [2.45, 2.75) is 6.92 Å². The first-order chi connectivity index (χ1) is 12.7. The summed E-state index contributed by atoms with van der Waals surface area (Å²) in [6.07, 6.45) is 0. The van der Waals surface area contributed by atoms with Crippen LogP contribution in [0, 0.1) is 6.92 Å². The van der Waals surface area contributed by atoms with E-state index in [-0.39, 0.29) is 5.91 Å². The van der Waals surface area contributed by atoms with Crippen molar-refractivity contribution >= 4 is 22.9 Å². The lowest BCUT2D eigenvalue weighted by Gasteiger charge is -2.05. The molecule has 128 valence electrons. The summed E-state index contributed by atoms with van der Waals surface area (Å²) >= 11 is 1.44. The molecule has 0 bridgehead atoms. The standard InChI is InChI=1S/C20H15N3O2S/c1-13-7-9-15(10-8-13)19(24)21-16-11-12-26-17(16)20-22-18(23-25-20)14-5-3-2-4-6-14/h2-12H,1H3,(H,21,24). The zero-order valence-corrected chi connectivity index (χ0v) is 14.8. The van der Waals surface area contributed by atoms with E-state index in [1.807, 2.05) is 60.8 Å². The number of benzene rings is 2. The van der Waals surface area contributed by atoms with E-state index in [1.165, 1.54) is 11.3 Å². The minimum absolute atomic E-state index is 0.174. The van der Waals surface area contributed by atoms with Crippen LogP contribution in [0.25, 0.3) is 22.2 Å². The van der Waals surface area contributed by atoms with E-state index in [0.29, 0.717) is 23.0 Å². The second-order valence-electron chi connectivity index (χ2n) is 5.77. The molecule has 4 aromatic rings. The van der Waals surface area contributed by atoms with Crippen LogP contribution in [0.2, 0.25) is 0 Å². The van der Waals surface area contributed by atoms with E-state index >= 15 is 0 Å². The quantitative estimate of drug-likeness (QED) is 0.554. The third-order valence-electron chi connectivity index (χ3n) is 3.88. The Labute approximate surface area is 154 Å². The molecule has 0 aliphatic heterocycles. The van der Waals surface area contributed by atoms with Crippen molar-refractivity contribution in [3.63, 3.8) is 0 Å². The molecule has 0 unspecified atom stereocenters. The van der Waals surface area contributed by atoms with Crippen molar-refractivity contribution in [1.82, 2.24) is 10.1 Å². The highest BCUT2D eigenvalue weighted by Gasteiger charge is 2.17. The number of anilines is 1. The fourth-order valence-corrected chi connectivity index (χ4v) is 3.26. The molecule has 0 aliphatic rings. The predicted octanol–water partition coefficient (Wildman–Crippen LogP) is 5.03. The van der Waals surface area contributed by atoms with Crippen LogP contribution in [-0.2, 0) is 0 Å².